The number of rotatable bonds is 3. The summed E-state index contributed by atoms with van der Waals surface area (Å²) in [6, 6.07) is 0. The minimum atomic E-state index is 0.582. The van der Waals surface area contributed by atoms with Gasteiger partial charge >= 0.3 is 0 Å². The molecule has 2 aromatic rings. The number of hydrogen-bond acceptors (Lipinski definition) is 3. The third kappa shape index (κ3) is 1.99. The molecule has 0 bridgehead atoms. The Balaban J connectivity index is 2.55. The van der Waals surface area contributed by atoms with E-state index in [1.54, 1.807) is 6.33 Å². The average molecular weight is 232 g/mol. The lowest BCUT2D eigenvalue weighted by molar-refractivity contribution is 0.517. The van der Waals surface area contributed by atoms with Crippen molar-refractivity contribution in [2.24, 2.45) is 5.92 Å². The summed E-state index contributed by atoms with van der Waals surface area (Å²) in [5, 5.41) is 1.01. The average Bonchev–Trinajstić information content (AvgIpc) is 2.51. The summed E-state index contributed by atoms with van der Waals surface area (Å²) in [6.07, 6.45) is 2.69. The molecule has 17 heavy (non-hydrogen) atoms. The van der Waals surface area contributed by atoms with Gasteiger partial charge in [0.15, 0.2) is 0 Å². The second-order valence-corrected chi connectivity index (χ2v) is 5.00. The number of nitrogens with zero attached hydrogens (tertiary/aromatic N) is 3. The first-order valence-corrected chi connectivity index (χ1v) is 6.08. The molecule has 0 radical (unpaired) electrons. The molecule has 0 aliphatic rings. The molecule has 0 saturated carbocycles. The molecule has 2 N–H and O–H groups in total. The Hall–Kier alpha value is -1.58. The highest BCUT2D eigenvalue weighted by molar-refractivity contribution is 5.90. The SMILES string of the molecule is Cc1c(C)n(CCC(C)C)c2ncnc(N)c12. The second-order valence-electron chi connectivity index (χ2n) is 5.00. The van der Waals surface area contributed by atoms with Crippen LogP contribution in [0, 0.1) is 19.8 Å². The van der Waals surface area contributed by atoms with Gasteiger partial charge in [0.05, 0.1) is 5.39 Å². The van der Waals surface area contributed by atoms with Gasteiger partial charge in [0.1, 0.15) is 17.8 Å². The van der Waals surface area contributed by atoms with E-state index in [0.29, 0.717) is 11.7 Å². The Morgan fingerprint density at radius 1 is 1.29 bits per heavy atom. The molecule has 2 aromatic heterocycles. The minimum Gasteiger partial charge on any atom is -0.383 e. The zero-order chi connectivity index (χ0) is 12.6. The summed E-state index contributed by atoms with van der Waals surface area (Å²) in [4.78, 5) is 8.44. The number of aryl methyl sites for hydroxylation is 2. The standard InChI is InChI=1S/C13H20N4/c1-8(2)5-6-17-10(4)9(3)11-12(14)15-7-16-13(11)17/h7-8H,5-6H2,1-4H3,(H2,14,15,16). The predicted octanol–water partition coefficient (Wildman–Crippen LogP) is 2.68. The Morgan fingerprint density at radius 2 is 2.00 bits per heavy atom. The third-order valence-electron chi connectivity index (χ3n) is 3.36. The second kappa shape index (κ2) is 4.35. The number of nitrogen functional groups attached to an aromatic ring is 1. The summed E-state index contributed by atoms with van der Waals surface area (Å²) in [5.41, 5.74) is 9.34. The fourth-order valence-corrected chi connectivity index (χ4v) is 2.16. The molecule has 0 atom stereocenters. The monoisotopic (exact) mass is 232 g/mol. The van der Waals surface area contributed by atoms with Gasteiger partial charge in [0.25, 0.3) is 0 Å². The van der Waals surface area contributed by atoms with Gasteiger partial charge in [0, 0.05) is 12.2 Å². The number of nitrogens with two attached hydrogens (primary N) is 1. The van der Waals surface area contributed by atoms with Crippen LogP contribution in [0.3, 0.4) is 0 Å². The first kappa shape index (κ1) is 11.9. The number of anilines is 1. The first-order valence-electron chi connectivity index (χ1n) is 6.08. The highest BCUT2D eigenvalue weighted by Crippen LogP contribution is 2.27. The van der Waals surface area contributed by atoms with E-state index in [-0.39, 0.29) is 0 Å². The molecule has 0 unspecified atom stereocenters. The van der Waals surface area contributed by atoms with Crippen molar-refractivity contribution in [1.82, 2.24) is 14.5 Å². The highest BCUT2D eigenvalue weighted by Gasteiger charge is 2.14. The maximum atomic E-state index is 5.93. The van der Waals surface area contributed by atoms with Crippen LogP contribution in [0.15, 0.2) is 6.33 Å². The molecule has 4 heteroatoms. The Kier molecular flexibility index (Phi) is 3.05. The summed E-state index contributed by atoms with van der Waals surface area (Å²) < 4.78 is 2.25. The molecule has 0 spiro atoms. The first-order chi connectivity index (χ1) is 8.02. The van der Waals surface area contributed by atoms with Gasteiger partial charge in [-0.25, -0.2) is 9.97 Å². The van der Waals surface area contributed by atoms with Gasteiger partial charge in [-0.3, -0.25) is 0 Å². The van der Waals surface area contributed by atoms with Crippen LogP contribution in [0.5, 0.6) is 0 Å². The van der Waals surface area contributed by atoms with Gasteiger partial charge in [-0.1, -0.05) is 13.8 Å². The maximum absolute atomic E-state index is 5.93. The van der Waals surface area contributed by atoms with Crippen molar-refractivity contribution in [1.29, 1.82) is 0 Å². The van der Waals surface area contributed by atoms with Crippen molar-refractivity contribution < 1.29 is 0 Å². The zero-order valence-corrected chi connectivity index (χ0v) is 11.0. The molecule has 0 amide bonds. The molecular formula is C13H20N4. The summed E-state index contributed by atoms with van der Waals surface area (Å²) in [5.74, 6) is 1.27. The lowest BCUT2D eigenvalue weighted by atomic mass is 10.1. The Bertz CT molecular complexity index is 540. The van der Waals surface area contributed by atoms with Gasteiger partial charge < -0.3 is 10.3 Å². The maximum Gasteiger partial charge on any atom is 0.145 e. The largest absolute Gasteiger partial charge is 0.383 e. The van der Waals surface area contributed by atoms with Crippen LogP contribution in [-0.2, 0) is 6.54 Å². The van der Waals surface area contributed by atoms with Gasteiger partial charge in [-0.2, -0.15) is 0 Å². The van der Waals surface area contributed by atoms with Crippen LogP contribution >= 0.6 is 0 Å². The molecule has 4 nitrogen and oxygen atoms in total. The minimum absolute atomic E-state index is 0.582. The molecule has 2 rings (SSSR count). The van der Waals surface area contributed by atoms with Crippen molar-refractivity contribution in [2.45, 2.75) is 40.7 Å². The van der Waals surface area contributed by atoms with E-state index in [4.69, 9.17) is 5.73 Å². The van der Waals surface area contributed by atoms with Crippen molar-refractivity contribution in [3.8, 4) is 0 Å². The molecule has 0 saturated heterocycles. The smallest absolute Gasteiger partial charge is 0.145 e. The topological polar surface area (TPSA) is 56.7 Å². The van der Waals surface area contributed by atoms with E-state index in [9.17, 15) is 0 Å². The van der Waals surface area contributed by atoms with E-state index in [0.717, 1.165) is 24.0 Å². The van der Waals surface area contributed by atoms with Gasteiger partial charge in [0.2, 0.25) is 0 Å². The van der Waals surface area contributed by atoms with E-state index < -0.39 is 0 Å². The van der Waals surface area contributed by atoms with Crippen LogP contribution in [0.25, 0.3) is 11.0 Å². The molecule has 0 fully saturated rings. The van der Waals surface area contributed by atoms with E-state index >= 15 is 0 Å². The van der Waals surface area contributed by atoms with Crippen LogP contribution < -0.4 is 5.73 Å². The van der Waals surface area contributed by atoms with Crippen LogP contribution in [0.1, 0.15) is 31.5 Å². The van der Waals surface area contributed by atoms with Crippen molar-refractivity contribution in [2.75, 3.05) is 5.73 Å². The van der Waals surface area contributed by atoms with Crippen LogP contribution in [0.2, 0.25) is 0 Å². The molecule has 0 aliphatic heterocycles. The molecule has 2 heterocycles. The summed E-state index contributed by atoms with van der Waals surface area (Å²) >= 11 is 0. The van der Waals surface area contributed by atoms with Gasteiger partial charge in [-0.05, 0) is 31.7 Å². The van der Waals surface area contributed by atoms with Crippen molar-refractivity contribution in [3.05, 3.63) is 17.6 Å². The number of hydrogen-bond donors (Lipinski definition) is 1. The number of aromatic nitrogens is 3. The molecule has 0 aromatic carbocycles. The van der Waals surface area contributed by atoms with E-state index in [1.807, 2.05) is 0 Å². The van der Waals surface area contributed by atoms with E-state index in [2.05, 4.69) is 42.2 Å². The normalized spacial score (nSPS) is 11.6. The number of fused-ring (bicyclic) bond motifs is 1. The van der Waals surface area contributed by atoms with Crippen LogP contribution in [0.4, 0.5) is 5.82 Å². The molecule has 92 valence electrons. The fourth-order valence-electron chi connectivity index (χ4n) is 2.16. The highest BCUT2D eigenvalue weighted by atomic mass is 15.1. The quantitative estimate of drug-likeness (QED) is 0.885. The third-order valence-corrected chi connectivity index (χ3v) is 3.36. The summed E-state index contributed by atoms with van der Waals surface area (Å²) in [6.45, 7) is 9.67. The Morgan fingerprint density at radius 3 is 2.65 bits per heavy atom. The lowest BCUT2D eigenvalue weighted by Gasteiger charge is -2.09. The van der Waals surface area contributed by atoms with Crippen molar-refractivity contribution in [3.63, 3.8) is 0 Å². The summed E-state index contributed by atoms with van der Waals surface area (Å²) in [7, 11) is 0. The molecular weight excluding hydrogens is 212 g/mol. The Labute approximate surface area is 102 Å². The lowest BCUT2D eigenvalue weighted by Crippen LogP contribution is -2.04. The van der Waals surface area contributed by atoms with Crippen molar-refractivity contribution >= 4 is 16.9 Å². The predicted molar refractivity (Wildman–Crippen MR) is 70.9 cm³/mol. The fraction of sp³-hybridized carbons (Fsp3) is 0.538. The van der Waals surface area contributed by atoms with Gasteiger partial charge in [-0.15, -0.1) is 0 Å². The molecule has 0 aliphatic carbocycles. The van der Waals surface area contributed by atoms with Crippen LogP contribution in [-0.4, -0.2) is 14.5 Å². The zero-order valence-electron chi connectivity index (χ0n) is 11.0. The van der Waals surface area contributed by atoms with E-state index in [1.165, 1.54) is 11.3 Å².